The van der Waals surface area contributed by atoms with Crippen LogP contribution in [0, 0.1) is 0 Å². The number of carbonyl (C=O) groups excluding carboxylic acids is 1. The summed E-state index contributed by atoms with van der Waals surface area (Å²) in [7, 11) is 0. The third-order valence-corrected chi connectivity index (χ3v) is 5.12. The van der Waals surface area contributed by atoms with Crippen LogP contribution in [0.3, 0.4) is 0 Å². The first-order chi connectivity index (χ1) is 12.5. The molecule has 3 heterocycles. The summed E-state index contributed by atoms with van der Waals surface area (Å²) in [5.41, 5.74) is 3.62. The van der Waals surface area contributed by atoms with Crippen LogP contribution in [0.15, 0.2) is 29.9 Å². The molecule has 0 spiro atoms. The summed E-state index contributed by atoms with van der Waals surface area (Å²) in [4.78, 5) is 17.2. The molecule has 1 aromatic carbocycles. The molecular formula is C17H14ClN5O2S. The number of carbonyl (C=O) groups is 1. The average molecular weight is 388 g/mol. The van der Waals surface area contributed by atoms with Gasteiger partial charge in [0.05, 0.1) is 44.6 Å². The molecule has 9 heteroatoms. The van der Waals surface area contributed by atoms with Gasteiger partial charge in [-0.3, -0.25) is 9.89 Å². The van der Waals surface area contributed by atoms with E-state index in [0.717, 1.165) is 4.53 Å². The van der Waals surface area contributed by atoms with Gasteiger partial charge in [-0.25, -0.2) is 4.98 Å². The third-order valence-electron chi connectivity index (χ3n) is 4.11. The second-order valence-electron chi connectivity index (χ2n) is 5.79. The number of amides is 1. The highest BCUT2D eigenvalue weighted by molar-refractivity contribution is 7.07. The Morgan fingerprint density at radius 1 is 1.42 bits per heavy atom. The quantitative estimate of drug-likeness (QED) is 0.544. The van der Waals surface area contributed by atoms with Crippen molar-refractivity contribution in [3.8, 4) is 17.0 Å². The molecule has 0 saturated heterocycles. The van der Waals surface area contributed by atoms with E-state index in [0.29, 0.717) is 32.9 Å². The van der Waals surface area contributed by atoms with Crippen molar-refractivity contribution in [2.45, 2.75) is 13.0 Å². The van der Waals surface area contributed by atoms with E-state index in [1.165, 1.54) is 23.6 Å². The van der Waals surface area contributed by atoms with Gasteiger partial charge in [0.1, 0.15) is 5.75 Å². The first-order valence-corrected chi connectivity index (χ1v) is 9.04. The first kappa shape index (κ1) is 16.6. The fourth-order valence-electron chi connectivity index (χ4n) is 2.84. The minimum absolute atomic E-state index is 0.0332. The molecule has 2 aromatic heterocycles. The summed E-state index contributed by atoms with van der Waals surface area (Å²) in [6, 6.07) is 4.49. The smallest absolute Gasteiger partial charge is 0.256 e. The molecule has 3 aromatic rings. The number of phenolic OH excluding ortho intramolecular Hbond substituents is 1. The molecule has 132 valence electrons. The molecule has 1 aliphatic heterocycles. The molecule has 0 saturated carbocycles. The minimum atomic E-state index is -0.283. The molecule has 1 unspecified atom stereocenters. The number of benzene rings is 1. The zero-order valence-electron chi connectivity index (χ0n) is 13.6. The van der Waals surface area contributed by atoms with Gasteiger partial charge in [0.2, 0.25) is 0 Å². The van der Waals surface area contributed by atoms with Gasteiger partial charge in [0.25, 0.3) is 5.91 Å². The number of phenols is 1. The summed E-state index contributed by atoms with van der Waals surface area (Å²) >= 11 is 7.48. The Kier molecular flexibility index (Phi) is 4.14. The van der Waals surface area contributed by atoms with Crippen LogP contribution in [0.25, 0.3) is 23.0 Å². The molecule has 4 N–H and O–H groups in total. The second kappa shape index (κ2) is 6.47. The van der Waals surface area contributed by atoms with Gasteiger partial charge < -0.3 is 15.7 Å². The number of halogens is 1. The molecule has 0 fully saturated rings. The van der Waals surface area contributed by atoms with E-state index in [9.17, 15) is 9.90 Å². The van der Waals surface area contributed by atoms with Crippen LogP contribution in [-0.4, -0.2) is 32.2 Å². The van der Waals surface area contributed by atoms with Crippen molar-refractivity contribution in [2.75, 3.05) is 5.32 Å². The number of hydrogen-bond donors (Lipinski definition) is 4. The predicted octanol–water partition coefficient (Wildman–Crippen LogP) is 1.41. The lowest BCUT2D eigenvalue weighted by molar-refractivity contribution is -0.111. The van der Waals surface area contributed by atoms with E-state index in [1.54, 1.807) is 17.6 Å². The van der Waals surface area contributed by atoms with Crippen molar-refractivity contribution in [2.24, 2.45) is 0 Å². The summed E-state index contributed by atoms with van der Waals surface area (Å²) in [6.07, 6.45) is 3.35. The van der Waals surface area contributed by atoms with E-state index in [1.807, 2.05) is 13.1 Å². The Labute approximate surface area is 157 Å². The van der Waals surface area contributed by atoms with Gasteiger partial charge in [-0.1, -0.05) is 11.6 Å². The van der Waals surface area contributed by atoms with Gasteiger partial charge in [-0.15, -0.1) is 11.3 Å². The third kappa shape index (κ3) is 2.83. The van der Waals surface area contributed by atoms with Crippen molar-refractivity contribution in [1.82, 2.24) is 20.5 Å². The Balaban J connectivity index is 1.73. The van der Waals surface area contributed by atoms with Gasteiger partial charge in [0, 0.05) is 16.8 Å². The molecule has 0 radical (unpaired) electrons. The lowest BCUT2D eigenvalue weighted by Gasteiger charge is -2.18. The molecule has 0 aliphatic carbocycles. The average Bonchev–Trinajstić information content (AvgIpc) is 3.26. The van der Waals surface area contributed by atoms with Crippen molar-refractivity contribution in [3.05, 3.63) is 44.8 Å². The minimum Gasteiger partial charge on any atom is -0.507 e. The molecule has 7 nitrogen and oxygen atoms in total. The summed E-state index contributed by atoms with van der Waals surface area (Å²) < 4.78 is 0.910. The topological polar surface area (TPSA) is 103 Å². The number of hydrogen-bond acceptors (Lipinski definition) is 6. The van der Waals surface area contributed by atoms with Crippen LogP contribution >= 0.6 is 22.9 Å². The maximum Gasteiger partial charge on any atom is 0.256 e. The maximum atomic E-state index is 12.9. The number of thiazole rings is 1. The monoisotopic (exact) mass is 387 g/mol. The Hall–Kier alpha value is -2.84. The number of aromatic amines is 1. The highest BCUT2D eigenvalue weighted by Gasteiger charge is 2.23. The van der Waals surface area contributed by atoms with Crippen molar-refractivity contribution < 1.29 is 9.90 Å². The number of anilines is 1. The number of aromatic hydroxyl groups is 1. The Bertz CT molecular complexity index is 1120. The standard InChI is InChI=1S/C17H14ClN5O2S/c1-8-14(16-13(6-19-8)26-7-20-16)17(25)22-11-5-21-23-15(11)10-4-9(18)2-3-12(10)24/h2-8,19,24H,1H3,(H,21,23)(H,22,25). The van der Waals surface area contributed by atoms with E-state index < -0.39 is 0 Å². The molecule has 4 rings (SSSR count). The Morgan fingerprint density at radius 3 is 3.12 bits per heavy atom. The summed E-state index contributed by atoms with van der Waals surface area (Å²) in [5, 5.41) is 24.0. The number of rotatable bonds is 3. The zero-order valence-corrected chi connectivity index (χ0v) is 15.1. The van der Waals surface area contributed by atoms with Crippen molar-refractivity contribution >= 4 is 46.3 Å². The first-order valence-electron chi connectivity index (χ1n) is 7.78. The highest BCUT2D eigenvalue weighted by atomic mass is 35.5. The molecular weight excluding hydrogens is 374 g/mol. The van der Waals surface area contributed by atoms with E-state index in [4.69, 9.17) is 11.6 Å². The largest absolute Gasteiger partial charge is 0.507 e. The number of fused-ring (bicyclic) bond motifs is 1. The molecule has 1 atom stereocenters. The number of H-pyrrole nitrogens is 1. The highest BCUT2D eigenvalue weighted by Crippen LogP contribution is 2.34. The van der Waals surface area contributed by atoms with Crippen molar-refractivity contribution in [1.29, 1.82) is 0 Å². The van der Waals surface area contributed by atoms with E-state index >= 15 is 0 Å². The molecule has 1 aliphatic rings. The van der Waals surface area contributed by atoms with Gasteiger partial charge in [-0.05, 0) is 25.1 Å². The zero-order chi connectivity index (χ0) is 18.3. The summed E-state index contributed by atoms with van der Waals surface area (Å²) in [6.45, 7) is 1.90. The lowest BCUT2D eigenvalue weighted by Crippen LogP contribution is -2.44. The number of nitrogens with one attached hydrogen (secondary N) is 3. The van der Waals surface area contributed by atoms with Crippen LogP contribution in [-0.2, 0) is 4.79 Å². The number of nitrogens with zero attached hydrogens (tertiary/aromatic N) is 2. The maximum absolute atomic E-state index is 12.9. The molecule has 0 bridgehead atoms. The van der Waals surface area contributed by atoms with Crippen LogP contribution < -0.4 is 20.5 Å². The van der Waals surface area contributed by atoms with Crippen LogP contribution in [0.1, 0.15) is 6.92 Å². The molecule has 1 amide bonds. The van der Waals surface area contributed by atoms with Crippen LogP contribution in [0.2, 0.25) is 5.02 Å². The molecule has 26 heavy (non-hydrogen) atoms. The number of aromatic nitrogens is 3. The van der Waals surface area contributed by atoms with Gasteiger partial charge in [-0.2, -0.15) is 5.10 Å². The van der Waals surface area contributed by atoms with Gasteiger partial charge >= 0.3 is 0 Å². The predicted molar refractivity (Wildman–Crippen MR) is 101 cm³/mol. The van der Waals surface area contributed by atoms with Gasteiger partial charge in [0.15, 0.2) is 0 Å². The second-order valence-corrected chi connectivity index (χ2v) is 7.11. The normalized spacial score (nSPS) is 15.8. The van der Waals surface area contributed by atoms with Crippen LogP contribution in [0.4, 0.5) is 5.69 Å². The van der Waals surface area contributed by atoms with E-state index in [-0.39, 0.29) is 17.7 Å². The van der Waals surface area contributed by atoms with Crippen LogP contribution in [0.5, 0.6) is 5.75 Å². The SMILES string of the molecule is CC1NC=c2scnc2=C1C(=O)Nc1cn[nH]c1-c1cc(Cl)ccc1O. The van der Waals surface area contributed by atoms with E-state index in [2.05, 4.69) is 25.8 Å². The van der Waals surface area contributed by atoms with Crippen molar-refractivity contribution in [3.63, 3.8) is 0 Å². The lowest BCUT2D eigenvalue weighted by atomic mass is 10.1. The summed E-state index contributed by atoms with van der Waals surface area (Å²) in [5.74, 6) is -0.250. The fourth-order valence-corrected chi connectivity index (χ4v) is 3.69. The fraction of sp³-hybridized carbons (Fsp3) is 0.118. The Morgan fingerprint density at radius 2 is 2.27 bits per heavy atom.